The number of nitrogens with zero attached hydrogens (tertiary/aromatic N) is 3. The topological polar surface area (TPSA) is 37.6 Å². The number of fused-ring (bicyclic) bond motifs is 1. The summed E-state index contributed by atoms with van der Waals surface area (Å²) >= 11 is 1.58. The molecule has 1 amide bonds. The zero-order valence-electron chi connectivity index (χ0n) is 11.4. The van der Waals surface area contributed by atoms with Gasteiger partial charge in [0.05, 0.1) is 0 Å². The van der Waals surface area contributed by atoms with Crippen molar-refractivity contribution in [1.29, 1.82) is 0 Å². The van der Waals surface area contributed by atoms with Gasteiger partial charge in [0.15, 0.2) is 4.96 Å². The monoisotopic (exact) mass is 277 g/mol. The molecule has 0 aliphatic heterocycles. The summed E-state index contributed by atoms with van der Waals surface area (Å²) in [5.41, 5.74) is 1.70. The van der Waals surface area contributed by atoms with E-state index in [9.17, 15) is 4.79 Å². The second kappa shape index (κ2) is 4.96. The smallest absolute Gasteiger partial charge is 0.274 e. The highest BCUT2D eigenvalue weighted by Crippen LogP contribution is 2.23. The number of rotatable bonds is 2. The first kappa shape index (κ1) is 12.7. The zero-order chi connectivity index (χ0) is 13.4. The molecule has 102 valence electrons. The van der Waals surface area contributed by atoms with Crippen molar-refractivity contribution >= 4 is 22.2 Å². The normalized spacial score (nSPS) is 16.9. The van der Waals surface area contributed by atoms with Gasteiger partial charge in [0.2, 0.25) is 0 Å². The van der Waals surface area contributed by atoms with Crippen LogP contribution < -0.4 is 0 Å². The average molecular weight is 277 g/mol. The molecule has 2 aromatic heterocycles. The van der Waals surface area contributed by atoms with Crippen molar-refractivity contribution in [3.05, 3.63) is 23.0 Å². The highest BCUT2D eigenvalue weighted by Gasteiger charge is 2.24. The number of thiazole rings is 1. The molecule has 0 atom stereocenters. The Morgan fingerprint density at radius 1 is 1.42 bits per heavy atom. The molecular formula is C14H19N3OS. The van der Waals surface area contributed by atoms with E-state index in [4.69, 9.17) is 0 Å². The lowest BCUT2D eigenvalue weighted by Gasteiger charge is -2.30. The van der Waals surface area contributed by atoms with Gasteiger partial charge in [0.1, 0.15) is 5.69 Å². The van der Waals surface area contributed by atoms with Crippen LogP contribution in [-0.4, -0.2) is 33.3 Å². The Balaban J connectivity index is 1.81. The molecule has 0 saturated heterocycles. The second-order valence-electron chi connectivity index (χ2n) is 5.36. The predicted molar refractivity (Wildman–Crippen MR) is 76.8 cm³/mol. The molecule has 0 spiro atoms. The third-order valence-corrected chi connectivity index (χ3v) is 5.01. The Bertz CT molecular complexity index is 595. The van der Waals surface area contributed by atoms with Crippen LogP contribution >= 0.6 is 11.3 Å². The van der Waals surface area contributed by atoms with E-state index in [1.165, 1.54) is 19.3 Å². The first-order valence-corrected chi connectivity index (χ1v) is 7.75. The van der Waals surface area contributed by atoms with E-state index in [0.29, 0.717) is 11.7 Å². The van der Waals surface area contributed by atoms with Crippen LogP contribution in [0.3, 0.4) is 0 Å². The fraction of sp³-hybridized carbons (Fsp3) is 0.571. The van der Waals surface area contributed by atoms with Crippen molar-refractivity contribution in [2.24, 2.45) is 0 Å². The largest absolute Gasteiger partial charge is 0.337 e. The molecule has 19 heavy (non-hydrogen) atoms. The van der Waals surface area contributed by atoms with Crippen LogP contribution in [0.1, 0.15) is 48.3 Å². The fourth-order valence-corrected chi connectivity index (χ4v) is 3.66. The van der Waals surface area contributed by atoms with E-state index < -0.39 is 0 Å². The third kappa shape index (κ3) is 2.27. The summed E-state index contributed by atoms with van der Waals surface area (Å²) in [6, 6.07) is 0.391. The fourth-order valence-electron chi connectivity index (χ4n) is 2.81. The van der Waals surface area contributed by atoms with Gasteiger partial charge in [0, 0.05) is 30.4 Å². The van der Waals surface area contributed by atoms with E-state index in [-0.39, 0.29) is 5.91 Å². The van der Waals surface area contributed by atoms with Gasteiger partial charge in [-0.1, -0.05) is 19.3 Å². The van der Waals surface area contributed by atoms with E-state index in [0.717, 1.165) is 23.5 Å². The summed E-state index contributed by atoms with van der Waals surface area (Å²) in [5.74, 6) is 0.0576. The highest BCUT2D eigenvalue weighted by atomic mass is 32.1. The summed E-state index contributed by atoms with van der Waals surface area (Å²) in [7, 11) is 1.92. The predicted octanol–water partition coefficient (Wildman–Crippen LogP) is 3.11. The van der Waals surface area contributed by atoms with Gasteiger partial charge in [-0.15, -0.1) is 11.3 Å². The number of aryl methyl sites for hydroxylation is 1. The Kier molecular flexibility index (Phi) is 3.31. The molecule has 0 bridgehead atoms. The zero-order valence-corrected chi connectivity index (χ0v) is 12.2. The van der Waals surface area contributed by atoms with Crippen molar-refractivity contribution in [2.45, 2.75) is 45.1 Å². The van der Waals surface area contributed by atoms with Crippen molar-refractivity contribution in [2.75, 3.05) is 7.05 Å². The van der Waals surface area contributed by atoms with Crippen LogP contribution in [0.4, 0.5) is 0 Å². The van der Waals surface area contributed by atoms with Crippen LogP contribution in [0.2, 0.25) is 0 Å². The second-order valence-corrected chi connectivity index (χ2v) is 6.20. The first-order valence-electron chi connectivity index (χ1n) is 6.87. The Labute approximate surface area is 117 Å². The van der Waals surface area contributed by atoms with Crippen LogP contribution in [-0.2, 0) is 0 Å². The molecule has 0 radical (unpaired) electrons. The Hall–Kier alpha value is -1.36. The van der Waals surface area contributed by atoms with Crippen LogP contribution in [0.15, 0.2) is 11.6 Å². The van der Waals surface area contributed by atoms with Gasteiger partial charge in [0.25, 0.3) is 5.91 Å². The van der Waals surface area contributed by atoms with Gasteiger partial charge >= 0.3 is 0 Å². The minimum Gasteiger partial charge on any atom is -0.337 e. The van der Waals surface area contributed by atoms with E-state index >= 15 is 0 Å². The van der Waals surface area contributed by atoms with Gasteiger partial charge < -0.3 is 4.90 Å². The van der Waals surface area contributed by atoms with E-state index in [2.05, 4.69) is 10.4 Å². The molecule has 2 heterocycles. The minimum atomic E-state index is 0.0576. The average Bonchev–Trinajstić information content (AvgIpc) is 3.01. The molecule has 5 heteroatoms. The number of imidazole rings is 1. The summed E-state index contributed by atoms with van der Waals surface area (Å²) in [5, 5.41) is 2.06. The molecule has 3 rings (SSSR count). The summed E-state index contributed by atoms with van der Waals surface area (Å²) in [4.78, 5) is 19.7. The molecule has 0 aromatic carbocycles. The molecule has 1 aliphatic rings. The summed E-state index contributed by atoms with van der Waals surface area (Å²) in [6.45, 7) is 2.03. The summed E-state index contributed by atoms with van der Waals surface area (Å²) < 4.78 is 1.99. The van der Waals surface area contributed by atoms with Crippen molar-refractivity contribution < 1.29 is 4.79 Å². The van der Waals surface area contributed by atoms with Crippen LogP contribution in [0.25, 0.3) is 4.96 Å². The maximum absolute atomic E-state index is 12.5. The molecular weight excluding hydrogens is 258 g/mol. The highest BCUT2D eigenvalue weighted by molar-refractivity contribution is 7.15. The molecule has 4 nitrogen and oxygen atoms in total. The number of hydrogen-bond donors (Lipinski definition) is 0. The standard InChI is InChI=1S/C14H19N3OS/c1-10-9-19-14-15-12(8-17(10)14)13(18)16(2)11-6-4-3-5-7-11/h8-9,11H,3-7H2,1-2H3. The number of aromatic nitrogens is 2. The maximum Gasteiger partial charge on any atom is 0.274 e. The first-order chi connectivity index (χ1) is 9.16. The SMILES string of the molecule is Cc1csc2nc(C(=O)N(C)C3CCCCC3)cn12. The molecule has 0 N–H and O–H groups in total. The van der Waals surface area contributed by atoms with Crippen molar-refractivity contribution in [3.63, 3.8) is 0 Å². The number of hydrogen-bond acceptors (Lipinski definition) is 3. The van der Waals surface area contributed by atoms with Crippen LogP contribution in [0, 0.1) is 6.92 Å². The van der Waals surface area contributed by atoms with Crippen molar-refractivity contribution in [1.82, 2.24) is 14.3 Å². The quantitative estimate of drug-likeness (QED) is 0.846. The molecule has 1 saturated carbocycles. The number of carbonyl (C=O) groups is 1. The third-order valence-electron chi connectivity index (χ3n) is 4.05. The lowest BCUT2D eigenvalue weighted by Crippen LogP contribution is -2.38. The van der Waals surface area contributed by atoms with Gasteiger partial charge in [-0.05, 0) is 19.8 Å². The Morgan fingerprint density at radius 3 is 2.84 bits per heavy atom. The summed E-state index contributed by atoms with van der Waals surface area (Å²) in [6.07, 6.45) is 7.90. The maximum atomic E-state index is 12.5. The Morgan fingerprint density at radius 2 is 2.16 bits per heavy atom. The molecule has 1 fully saturated rings. The number of amides is 1. The number of carbonyl (C=O) groups excluding carboxylic acids is 1. The van der Waals surface area contributed by atoms with Gasteiger partial charge in [-0.2, -0.15) is 0 Å². The van der Waals surface area contributed by atoms with Crippen molar-refractivity contribution in [3.8, 4) is 0 Å². The van der Waals surface area contributed by atoms with E-state index in [1.807, 2.05) is 29.5 Å². The minimum absolute atomic E-state index is 0.0576. The van der Waals surface area contributed by atoms with Gasteiger partial charge in [-0.25, -0.2) is 4.98 Å². The lowest BCUT2D eigenvalue weighted by molar-refractivity contribution is 0.0691. The van der Waals surface area contributed by atoms with Crippen LogP contribution in [0.5, 0.6) is 0 Å². The molecule has 1 aliphatic carbocycles. The lowest BCUT2D eigenvalue weighted by atomic mass is 9.94. The molecule has 0 unspecified atom stereocenters. The molecule has 2 aromatic rings. The van der Waals surface area contributed by atoms with E-state index in [1.54, 1.807) is 11.3 Å². The van der Waals surface area contributed by atoms with Gasteiger partial charge in [-0.3, -0.25) is 9.20 Å².